The van der Waals surface area contributed by atoms with Gasteiger partial charge in [0.25, 0.3) is 0 Å². The Kier molecular flexibility index (Phi) is 4.29. The van der Waals surface area contributed by atoms with Crippen LogP contribution in [-0.4, -0.2) is 38.7 Å². The third-order valence-electron chi connectivity index (χ3n) is 3.94. The van der Waals surface area contributed by atoms with Crippen LogP contribution in [0.2, 0.25) is 0 Å². The Labute approximate surface area is 124 Å². The Morgan fingerprint density at radius 1 is 1.24 bits per heavy atom. The SMILES string of the molecule is COc1ccc(C(O)(Cn2cncn2)C(C)(C)CO)cc1. The molecule has 2 rings (SSSR count). The molecule has 6 heteroatoms. The second kappa shape index (κ2) is 5.83. The number of hydrogen-bond donors (Lipinski definition) is 2. The zero-order chi connectivity index (χ0) is 15.5. The number of hydrogen-bond acceptors (Lipinski definition) is 5. The van der Waals surface area contributed by atoms with Crippen LogP contribution in [0.3, 0.4) is 0 Å². The van der Waals surface area contributed by atoms with Crippen molar-refractivity contribution in [2.45, 2.75) is 26.0 Å². The second-order valence-electron chi connectivity index (χ2n) is 5.72. The lowest BCUT2D eigenvalue weighted by molar-refractivity contribution is -0.110. The molecule has 0 fully saturated rings. The molecule has 0 aliphatic heterocycles. The Morgan fingerprint density at radius 3 is 2.38 bits per heavy atom. The Morgan fingerprint density at radius 2 is 1.90 bits per heavy atom. The van der Waals surface area contributed by atoms with E-state index in [4.69, 9.17) is 4.74 Å². The molecule has 0 saturated carbocycles. The van der Waals surface area contributed by atoms with E-state index >= 15 is 0 Å². The van der Waals surface area contributed by atoms with Crippen LogP contribution in [0.5, 0.6) is 5.75 Å². The molecule has 1 aromatic heterocycles. The zero-order valence-corrected chi connectivity index (χ0v) is 12.5. The molecule has 0 bridgehead atoms. The Hall–Kier alpha value is -1.92. The van der Waals surface area contributed by atoms with E-state index in [1.807, 2.05) is 13.8 Å². The molecule has 2 aromatic rings. The van der Waals surface area contributed by atoms with Gasteiger partial charge < -0.3 is 14.9 Å². The van der Waals surface area contributed by atoms with Gasteiger partial charge in [-0.1, -0.05) is 26.0 Å². The van der Waals surface area contributed by atoms with Crippen LogP contribution < -0.4 is 4.74 Å². The molecule has 1 aromatic carbocycles. The number of aliphatic hydroxyl groups excluding tert-OH is 1. The lowest BCUT2D eigenvalue weighted by Crippen LogP contribution is -2.47. The molecular formula is C15H21N3O3. The van der Waals surface area contributed by atoms with Crippen LogP contribution >= 0.6 is 0 Å². The Balaban J connectivity index is 2.43. The molecule has 2 N–H and O–H groups in total. The van der Waals surface area contributed by atoms with Crippen LogP contribution in [0.1, 0.15) is 19.4 Å². The van der Waals surface area contributed by atoms with E-state index in [1.165, 1.54) is 6.33 Å². The second-order valence-corrected chi connectivity index (χ2v) is 5.72. The third-order valence-corrected chi connectivity index (χ3v) is 3.94. The van der Waals surface area contributed by atoms with E-state index in [0.717, 1.165) is 0 Å². The summed E-state index contributed by atoms with van der Waals surface area (Å²) in [5.74, 6) is 0.712. The number of aliphatic hydroxyl groups is 2. The first-order valence-electron chi connectivity index (χ1n) is 6.73. The summed E-state index contributed by atoms with van der Waals surface area (Å²) in [4.78, 5) is 3.89. The predicted molar refractivity (Wildman–Crippen MR) is 77.8 cm³/mol. The molecule has 0 aliphatic rings. The zero-order valence-electron chi connectivity index (χ0n) is 12.5. The van der Waals surface area contributed by atoms with E-state index in [0.29, 0.717) is 11.3 Å². The van der Waals surface area contributed by atoms with Gasteiger partial charge in [-0.2, -0.15) is 5.10 Å². The van der Waals surface area contributed by atoms with Gasteiger partial charge >= 0.3 is 0 Å². The number of aromatic nitrogens is 3. The standard InChI is InChI=1S/C15H21N3O3/c1-14(2,9-19)15(20,8-18-11-16-10-17-18)12-4-6-13(21-3)7-5-12/h4-7,10-11,19-20H,8-9H2,1-3H3. The van der Waals surface area contributed by atoms with Gasteiger partial charge in [-0.3, -0.25) is 0 Å². The summed E-state index contributed by atoms with van der Waals surface area (Å²) >= 11 is 0. The topological polar surface area (TPSA) is 80.4 Å². The fraction of sp³-hybridized carbons (Fsp3) is 0.467. The fourth-order valence-electron chi connectivity index (χ4n) is 2.24. The van der Waals surface area contributed by atoms with Gasteiger partial charge in [-0.15, -0.1) is 0 Å². The van der Waals surface area contributed by atoms with Gasteiger partial charge in [0.05, 0.1) is 20.3 Å². The van der Waals surface area contributed by atoms with Crippen molar-refractivity contribution in [3.63, 3.8) is 0 Å². The molecule has 0 amide bonds. The quantitative estimate of drug-likeness (QED) is 0.835. The van der Waals surface area contributed by atoms with E-state index < -0.39 is 11.0 Å². The largest absolute Gasteiger partial charge is 0.497 e. The van der Waals surface area contributed by atoms with E-state index in [2.05, 4.69) is 10.1 Å². The van der Waals surface area contributed by atoms with Gasteiger partial charge in [0.15, 0.2) is 0 Å². The summed E-state index contributed by atoms with van der Waals surface area (Å²) < 4.78 is 6.70. The van der Waals surface area contributed by atoms with Crippen molar-refractivity contribution < 1.29 is 14.9 Å². The minimum absolute atomic E-state index is 0.162. The molecular weight excluding hydrogens is 270 g/mol. The van der Waals surface area contributed by atoms with Crippen LogP contribution in [-0.2, 0) is 12.1 Å². The third kappa shape index (κ3) is 2.91. The van der Waals surface area contributed by atoms with Gasteiger partial charge in [0.2, 0.25) is 0 Å². The summed E-state index contributed by atoms with van der Waals surface area (Å²) in [6, 6.07) is 7.17. The van der Waals surface area contributed by atoms with Crippen molar-refractivity contribution in [2.24, 2.45) is 5.41 Å². The van der Waals surface area contributed by atoms with Crippen molar-refractivity contribution in [1.82, 2.24) is 14.8 Å². The average molecular weight is 291 g/mol. The summed E-state index contributed by atoms with van der Waals surface area (Å²) in [7, 11) is 1.59. The number of ether oxygens (including phenoxy) is 1. The van der Waals surface area contributed by atoms with Crippen molar-refractivity contribution in [2.75, 3.05) is 13.7 Å². The van der Waals surface area contributed by atoms with Crippen molar-refractivity contribution in [3.05, 3.63) is 42.5 Å². The molecule has 0 radical (unpaired) electrons. The maximum atomic E-state index is 11.3. The fourth-order valence-corrected chi connectivity index (χ4v) is 2.24. The van der Waals surface area contributed by atoms with Crippen LogP contribution in [0.25, 0.3) is 0 Å². The maximum Gasteiger partial charge on any atom is 0.137 e. The molecule has 1 unspecified atom stereocenters. The van der Waals surface area contributed by atoms with Gasteiger partial charge in [0, 0.05) is 5.41 Å². The highest BCUT2D eigenvalue weighted by Gasteiger charge is 2.45. The maximum absolute atomic E-state index is 11.3. The highest BCUT2D eigenvalue weighted by Crippen LogP contribution is 2.41. The number of methoxy groups -OCH3 is 1. The van der Waals surface area contributed by atoms with Gasteiger partial charge in [-0.05, 0) is 17.7 Å². The first kappa shape index (κ1) is 15.5. The molecule has 0 saturated heterocycles. The predicted octanol–water partition coefficient (Wildman–Crippen LogP) is 1.19. The first-order valence-corrected chi connectivity index (χ1v) is 6.73. The van der Waals surface area contributed by atoms with Crippen LogP contribution in [0.4, 0.5) is 0 Å². The molecule has 6 nitrogen and oxygen atoms in total. The summed E-state index contributed by atoms with van der Waals surface area (Å²) in [6.45, 7) is 3.67. The lowest BCUT2D eigenvalue weighted by atomic mass is 9.71. The van der Waals surface area contributed by atoms with Crippen molar-refractivity contribution >= 4 is 0 Å². The average Bonchev–Trinajstić information content (AvgIpc) is 2.99. The molecule has 0 spiro atoms. The first-order chi connectivity index (χ1) is 9.93. The molecule has 0 aliphatic carbocycles. The normalized spacial score (nSPS) is 14.7. The van der Waals surface area contributed by atoms with Crippen molar-refractivity contribution in [3.8, 4) is 5.75 Å². The molecule has 1 heterocycles. The highest BCUT2D eigenvalue weighted by molar-refractivity contribution is 5.32. The highest BCUT2D eigenvalue weighted by atomic mass is 16.5. The molecule has 1 atom stereocenters. The number of benzene rings is 1. The minimum atomic E-state index is -1.29. The van der Waals surface area contributed by atoms with Crippen LogP contribution in [0.15, 0.2) is 36.9 Å². The summed E-state index contributed by atoms with van der Waals surface area (Å²) in [6.07, 6.45) is 2.96. The van der Waals surface area contributed by atoms with E-state index in [1.54, 1.807) is 42.4 Å². The number of nitrogens with zero attached hydrogens (tertiary/aromatic N) is 3. The smallest absolute Gasteiger partial charge is 0.137 e. The van der Waals surface area contributed by atoms with Gasteiger partial charge in [0.1, 0.15) is 24.0 Å². The Bertz CT molecular complexity index is 566. The van der Waals surface area contributed by atoms with Gasteiger partial charge in [-0.25, -0.2) is 9.67 Å². The minimum Gasteiger partial charge on any atom is -0.497 e. The van der Waals surface area contributed by atoms with E-state index in [-0.39, 0.29) is 13.2 Å². The molecule has 114 valence electrons. The molecule has 21 heavy (non-hydrogen) atoms. The van der Waals surface area contributed by atoms with E-state index in [9.17, 15) is 10.2 Å². The van der Waals surface area contributed by atoms with Crippen molar-refractivity contribution in [1.29, 1.82) is 0 Å². The number of rotatable bonds is 6. The monoisotopic (exact) mass is 291 g/mol. The summed E-state index contributed by atoms with van der Waals surface area (Å²) in [5, 5.41) is 25.0. The lowest BCUT2D eigenvalue weighted by Gasteiger charge is -2.42. The summed E-state index contributed by atoms with van der Waals surface area (Å²) in [5.41, 5.74) is -1.35. The van der Waals surface area contributed by atoms with Crippen LogP contribution in [0, 0.1) is 5.41 Å².